The molecule has 0 saturated heterocycles. The fourth-order valence-corrected chi connectivity index (χ4v) is 1.12. The van der Waals surface area contributed by atoms with Crippen LogP contribution in [-0.4, -0.2) is 12.8 Å². The number of nitrogens with two attached hydrogens (primary N) is 1. The van der Waals surface area contributed by atoms with Gasteiger partial charge in [0.15, 0.2) is 6.29 Å². The first-order valence-corrected chi connectivity index (χ1v) is 4.52. The summed E-state index contributed by atoms with van der Waals surface area (Å²) in [7, 11) is 0. The third kappa shape index (κ3) is 2.72. The summed E-state index contributed by atoms with van der Waals surface area (Å²) in [6, 6.07) is 5.64. The molecule has 0 unspecified atom stereocenters. The van der Waals surface area contributed by atoms with E-state index in [4.69, 9.17) is 5.73 Å². The fourth-order valence-electron chi connectivity index (χ4n) is 1.12. The highest BCUT2D eigenvalue weighted by Gasteiger charge is 1.97. The molecule has 0 atom stereocenters. The molecule has 0 heterocycles. The zero-order chi connectivity index (χ0) is 10.4. The molecule has 2 nitrogen and oxygen atoms in total. The Morgan fingerprint density at radius 1 is 1.50 bits per heavy atom. The highest BCUT2D eigenvalue weighted by atomic mass is 16.1. The van der Waals surface area contributed by atoms with Gasteiger partial charge in [0.1, 0.15) is 0 Å². The molecule has 72 valence electrons. The molecule has 0 aromatic heterocycles. The predicted octanol–water partition coefficient (Wildman–Crippen LogP) is 1.51. The summed E-state index contributed by atoms with van der Waals surface area (Å²) >= 11 is 0. The van der Waals surface area contributed by atoms with Crippen LogP contribution < -0.4 is 5.73 Å². The van der Waals surface area contributed by atoms with Gasteiger partial charge in [0, 0.05) is 24.1 Å². The summed E-state index contributed by atoms with van der Waals surface area (Å²) in [5.74, 6) is 5.84. The van der Waals surface area contributed by atoms with Gasteiger partial charge in [-0.15, -0.1) is 0 Å². The van der Waals surface area contributed by atoms with Crippen molar-refractivity contribution in [2.24, 2.45) is 5.73 Å². The first-order chi connectivity index (χ1) is 6.77. The zero-order valence-corrected chi connectivity index (χ0v) is 8.21. The van der Waals surface area contributed by atoms with Gasteiger partial charge >= 0.3 is 0 Å². The summed E-state index contributed by atoms with van der Waals surface area (Å²) in [5.41, 5.74) is 7.81. The number of aryl methyl sites for hydroxylation is 1. The van der Waals surface area contributed by atoms with E-state index >= 15 is 0 Å². The van der Waals surface area contributed by atoms with Crippen LogP contribution in [0.5, 0.6) is 0 Å². The molecule has 0 amide bonds. The summed E-state index contributed by atoms with van der Waals surface area (Å²) < 4.78 is 0. The van der Waals surface area contributed by atoms with Crippen molar-refractivity contribution in [2.45, 2.75) is 13.3 Å². The summed E-state index contributed by atoms with van der Waals surface area (Å²) in [4.78, 5) is 10.7. The van der Waals surface area contributed by atoms with Gasteiger partial charge in [-0.3, -0.25) is 4.79 Å². The van der Waals surface area contributed by atoms with Gasteiger partial charge in [0.05, 0.1) is 0 Å². The lowest BCUT2D eigenvalue weighted by Crippen LogP contribution is -1.95. The van der Waals surface area contributed by atoms with Crippen LogP contribution in [0.25, 0.3) is 0 Å². The van der Waals surface area contributed by atoms with Crippen LogP contribution in [0, 0.1) is 18.8 Å². The van der Waals surface area contributed by atoms with Crippen molar-refractivity contribution >= 4 is 6.29 Å². The molecule has 0 saturated carbocycles. The predicted molar refractivity (Wildman–Crippen MR) is 57.1 cm³/mol. The fraction of sp³-hybridized carbons (Fsp3) is 0.250. The quantitative estimate of drug-likeness (QED) is 0.563. The number of aldehydes is 1. The molecular formula is C12H13NO. The lowest BCUT2D eigenvalue weighted by Gasteiger charge is -1.97. The number of hydrogen-bond acceptors (Lipinski definition) is 2. The number of carbonyl (C=O) groups excluding carboxylic acids is 1. The highest BCUT2D eigenvalue weighted by molar-refractivity contribution is 5.79. The van der Waals surface area contributed by atoms with E-state index in [2.05, 4.69) is 11.8 Å². The third-order valence-corrected chi connectivity index (χ3v) is 1.83. The Morgan fingerprint density at radius 3 is 2.93 bits per heavy atom. The monoisotopic (exact) mass is 187 g/mol. The number of carbonyl (C=O) groups is 1. The molecule has 0 aliphatic heterocycles. The van der Waals surface area contributed by atoms with Crippen LogP contribution in [0.15, 0.2) is 18.2 Å². The Bertz CT molecular complexity index is 385. The van der Waals surface area contributed by atoms with Crippen LogP contribution in [0.1, 0.15) is 27.9 Å². The van der Waals surface area contributed by atoms with E-state index in [-0.39, 0.29) is 0 Å². The van der Waals surface area contributed by atoms with Gasteiger partial charge in [-0.25, -0.2) is 0 Å². The average Bonchev–Trinajstić information content (AvgIpc) is 2.20. The van der Waals surface area contributed by atoms with Crippen LogP contribution >= 0.6 is 0 Å². The van der Waals surface area contributed by atoms with E-state index in [9.17, 15) is 4.79 Å². The Hall–Kier alpha value is -1.59. The van der Waals surface area contributed by atoms with E-state index in [1.165, 1.54) is 0 Å². The van der Waals surface area contributed by atoms with Gasteiger partial charge in [-0.1, -0.05) is 23.5 Å². The first kappa shape index (κ1) is 10.5. The topological polar surface area (TPSA) is 43.1 Å². The average molecular weight is 187 g/mol. The first-order valence-electron chi connectivity index (χ1n) is 4.52. The normalized spacial score (nSPS) is 9.00. The van der Waals surface area contributed by atoms with Crippen molar-refractivity contribution in [1.82, 2.24) is 0 Å². The molecule has 2 N–H and O–H groups in total. The molecular weight excluding hydrogens is 174 g/mol. The Balaban J connectivity index is 2.98. The smallest absolute Gasteiger partial charge is 0.151 e. The standard InChI is InChI=1S/C12H13NO/c1-10-5-6-11(4-2-3-7-13)12(8-10)9-14/h5-6,8-9H,3,7,13H2,1H3. The molecule has 0 aliphatic rings. The van der Waals surface area contributed by atoms with E-state index in [1.807, 2.05) is 25.1 Å². The molecule has 1 aromatic carbocycles. The Labute approximate surface area is 84.1 Å². The zero-order valence-electron chi connectivity index (χ0n) is 8.21. The number of rotatable bonds is 2. The van der Waals surface area contributed by atoms with Gasteiger partial charge in [0.25, 0.3) is 0 Å². The van der Waals surface area contributed by atoms with Crippen LogP contribution in [0.4, 0.5) is 0 Å². The second-order valence-corrected chi connectivity index (χ2v) is 3.05. The van der Waals surface area contributed by atoms with E-state index in [0.717, 1.165) is 17.4 Å². The molecule has 0 aliphatic carbocycles. The largest absolute Gasteiger partial charge is 0.330 e. The van der Waals surface area contributed by atoms with E-state index in [1.54, 1.807) is 0 Å². The maximum atomic E-state index is 10.7. The summed E-state index contributed by atoms with van der Waals surface area (Å²) in [5, 5.41) is 0. The SMILES string of the molecule is Cc1ccc(C#CCCN)c(C=O)c1. The summed E-state index contributed by atoms with van der Waals surface area (Å²) in [6.45, 7) is 2.50. The van der Waals surface area contributed by atoms with Crippen molar-refractivity contribution in [3.63, 3.8) is 0 Å². The van der Waals surface area contributed by atoms with Crippen LogP contribution in [0.3, 0.4) is 0 Å². The minimum Gasteiger partial charge on any atom is -0.330 e. The lowest BCUT2D eigenvalue weighted by molar-refractivity contribution is 0.112. The van der Waals surface area contributed by atoms with Crippen molar-refractivity contribution in [3.8, 4) is 11.8 Å². The van der Waals surface area contributed by atoms with Gasteiger partial charge in [0.2, 0.25) is 0 Å². The Kier molecular flexibility index (Phi) is 3.90. The summed E-state index contributed by atoms with van der Waals surface area (Å²) in [6.07, 6.45) is 1.49. The molecule has 1 rings (SSSR count). The van der Waals surface area contributed by atoms with Crippen molar-refractivity contribution in [1.29, 1.82) is 0 Å². The third-order valence-electron chi connectivity index (χ3n) is 1.83. The molecule has 2 heteroatoms. The van der Waals surface area contributed by atoms with Crippen molar-refractivity contribution < 1.29 is 4.79 Å². The molecule has 0 spiro atoms. The van der Waals surface area contributed by atoms with E-state index < -0.39 is 0 Å². The minimum absolute atomic E-state index is 0.551. The number of benzene rings is 1. The van der Waals surface area contributed by atoms with Crippen LogP contribution in [-0.2, 0) is 0 Å². The lowest BCUT2D eigenvalue weighted by atomic mass is 10.1. The molecule has 1 aromatic rings. The van der Waals surface area contributed by atoms with Gasteiger partial charge < -0.3 is 5.73 Å². The molecule has 0 bridgehead atoms. The second kappa shape index (κ2) is 5.21. The van der Waals surface area contributed by atoms with Crippen molar-refractivity contribution in [3.05, 3.63) is 34.9 Å². The highest BCUT2D eigenvalue weighted by Crippen LogP contribution is 2.08. The molecule has 0 fully saturated rings. The minimum atomic E-state index is 0.551. The molecule has 0 radical (unpaired) electrons. The van der Waals surface area contributed by atoms with Gasteiger partial charge in [-0.2, -0.15) is 0 Å². The van der Waals surface area contributed by atoms with Crippen molar-refractivity contribution in [2.75, 3.05) is 6.54 Å². The van der Waals surface area contributed by atoms with E-state index in [0.29, 0.717) is 18.5 Å². The molecule has 14 heavy (non-hydrogen) atoms. The Morgan fingerprint density at radius 2 is 2.29 bits per heavy atom. The maximum absolute atomic E-state index is 10.7. The van der Waals surface area contributed by atoms with Crippen LogP contribution in [0.2, 0.25) is 0 Å². The second-order valence-electron chi connectivity index (χ2n) is 3.05. The maximum Gasteiger partial charge on any atom is 0.151 e. The van der Waals surface area contributed by atoms with Gasteiger partial charge in [-0.05, 0) is 19.1 Å². The number of hydrogen-bond donors (Lipinski definition) is 1.